The molecule has 0 spiro atoms. The zero-order chi connectivity index (χ0) is 22.0. The predicted octanol–water partition coefficient (Wildman–Crippen LogP) is 6.41. The summed E-state index contributed by atoms with van der Waals surface area (Å²) in [6.07, 6.45) is 1.82. The molecule has 2 aliphatic heterocycles. The number of fused-ring (bicyclic) bond motifs is 2. The molecule has 4 rings (SSSR count). The van der Waals surface area contributed by atoms with Gasteiger partial charge in [-0.1, -0.05) is 57.5 Å². The summed E-state index contributed by atoms with van der Waals surface area (Å²) in [7, 11) is 0. The lowest BCUT2D eigenvalue weighted by Crippen LogP contribution is -2.31. The average Bonchev–Trinajstić information content (AvgIpc) is 2.73. The minimum absolute atomic E-state index is 0.0871. The Morgan fingerprint density at radius 1 is 0.867 bits per heavy atom. The van der Waals surface area contributed by atoms with E-state index in [0.717, 1.165) is 29.8 Å². The standard InChI is InChI=1S/C12H14ClNO.C11H12ClNO2/c1-4-10-7(2)12-9(8(3)15-10)5-6-11(13)14-12;1-3-8-6(2)10-7(11(14)15-8)4-5-9(12)13-10/h5-7,10H,3-4H2,1-2H3;4-6,8H,3H2,1-2H3/t7-,10-;6-,8-/m00/s1. The summed E-state index contributed by atoms with van der Waals surface area (Å²) in [4.78, 5) is 20.2. The Balaban J connectivity index is 0.000000171. The van der Waals surface area contributed by atoms with E-state index in [1.54, 1.807) is 18.2 Å². The van der Waals surface area contributed by atoms with Gasteiger partial charge in [0.1, 0.15) is 28.3 Å². The highest BCUT2D eigenvalue weighted by Crippen LogP contribution is 2.37. The van der Waals surface area contributed by atoms with Crippen molar-refractivity contribution in [1.82, 2.24) is 9.97 Å². The van der Waals surface area contributed by atoms with E-state index in [0.29, 0.717) is 21.6 Å². The number of carbonyl (C=O) groups excluding carboxylic acids is 1. The molecular weight excluding hydrogens is 423 g/mol. The third-order valence-electron chi connectivity index (χ3n) is 5.64. The Kier molecular flexibility index (Phi) is 7.04. The third kappa shape index (κ3) is 4.47. The van der Waals surface area contributed by atoms with E-state index in [2.05, 4.69) is 30.4 Å². The smallest absolute Gasteiger partial charge is 0.340 e. The number of rotatable bonds is 2. The fourth-order valence-electron chi connectivity index (χ4n) is 3.88. The first-order valence-corrected chi connectivity index (χ1v) is 10.9. The van der Waals surface area contributed by atoms with Gasteiger partial charge < -0.3 is 9.47 Å². The number of ether oxygens (including phenoxy) is 2. The normalized spacial score (nSPS) is 24.6. The summed E-state index contributed by atoms with van der Waals surface area (Å²) in [6, 6.07) is 6.99. The van der Waals surface area contributed by atoms with E-state index < -0.39 is 0 Å². The van der Waals surface area contributed by atoms with E-state index in [1.165, 1.54) is 0 Å². The molecule has 30 heavy (non-hydrogen) atoms. The zero-order valence-electron chi connectivity index (χ0n) is 17.6. The largest absolute Gasteiger partial charge is 0.490 e. The lowest BCUT2D eigenvalue weighted by molar-refractivity contribution is 0.0174. The van der Waals surface area contributed by atoms with Gasteiger partial charge in [-0.2, -0.15) is 0 Å². The van der Waals surface area contributed by atoms with Gasteiger partial charge in [0.15, 0.2) is 0 Å². The number of cyclic esters (lactones) is 1. The van der Waals surface area contributed by atoms with Crippen LogP contribution in [0.2, 0.25) is 10.3 Å². The van der Waals surface area contributed by atoms with Crippen LogP contribution in [0, 0.1) is 0 Å². The van der Waals surface area contributed by atoms with Crippen molar-refractivity contribution in [1.29, 1.82) is 0 Å². The number of hydrogen-bond donors (Lipinski definition) is 0. The van der Waals surface area contributed by atoms with E-state index >= 15 is 0 Å². The Morgan fingerprint density at radius 3 is 1.87 bits per heavy atom. The minimum Gasteiger partial charge on any atom is -0.490 e. The molecular formula is C23H26Cl2N2O3. The van der Waals surface area contributed by atoms with Gasteiger partial charge in [-0.3, -0.25) is 0 Å². The van der Waals surface area contributed by atoms with Crippen molar-refractivity contribution < 1.29 is 14.3 Å². The van der Waals surface area contributed by atoms with E-state index in [1.807, 2.05) is 19.9 Å². The van der Waals surface area contributed by atoms with Crippen molar-refractivity contribution in [3.8, 4) is 0 Å². The number of nitrogens with zero attached hydrogens (tertiary/aromatic N) is 2. The third-order valence-corrected chi connectivity index (χ3v) is 6.06. The zero-order valence-corrected chi connectivity index (χ0v) is 19.1. The van der Waals surface area contributed by atoms with Gasteiger partial charge in [0, 0.05) is 17.4 Å². The maximum absolute atomic E-state index is 11.6. The van der Waals surface area contributed by atoms with Crippen LogP contribution in [0.3, 0.4) is 0 Å². The molecule has 2 aliphatic rings. The molecule has 0 radical (unpaired) electrons. The van der Waals surface area contributed by atoms with E-state index in [4.69, 9.17) is 32.7 Å². The summed E-state index contributed by atoms with van der Waals surface area (Å²) >= 11 is 11.7. The highest BCUT2D eigenvalue weighted by atomic mass is 35.5. The van der Waals surface area contributed by atoms with Gasteiger partial charge in [0.25, 0.3) is 0 Å². The molecule has 2 aromatic rings. The van der Waals surface area contributed by atoms with Crippen LogP contribution in [-0.2, 0) is 9.47 Å². The van der Waals surface area contributed by atoms with Gasteiger partial charge in [-0.25, -0.2) is 14.8 Å². The summed E-state index contributed by atoms with van der Waals surface area (Å²) in [5.74, 6) is 0.800. The van der Waals surface area contributed by atoms with Gasteiger partial charge in [-0.05, 0) is 37.1 Å². The van der Waals surface area contributed by atoms with Crippen molar-refractivity contribution in [2.24, 2.45) is 0 Å². The first-order valence-electron chi connectivity index (χ1n) is 10.2. The topological polar surface area (TPSA) is 61.3 Å². The molecule has 0 amide bonds. The highest BCUT2D eigenvalue weighted by Gasteiger charge is 2.33. The maximum Gasteiger partial charge on any atom is 0.340 e. The number of esters is 1. The molecule has 160 valence electrons. The number of aromatic nitrogens is 2. The molecule has 2 aromatic heterocycles. The van der Waals surface area contributed by atoms with Crippen LogP contribution < -0.4 is 0 Å². The molecule has 0 aromatic carbocycles. The summed E-state index contributed by atoms with van der Waals surface area (Å²) < 4.78 is 11.0. The van der Waals surface area contributed by atoms with Crippen molar-refractivity contribution in [3.05, 3.63) is 63.7 Å². The highest BCUT2D eigenvalue weighted by molar-refractivity contribution is 6.29. The Hall–Kier alpha value is -2.11. The van der Waals surface area contributed by atoms with E-state index in [-0.39, 0.29) is 30.0 Å². The molecule has 4 heterocycles. The molecule has 0 fully saturated rings. The molecule has 0 N–H and O–H groups in total. The summed E-state index contributed by atoms with van der Waals surface area (Å²) in [5.41, 5.74) is 3.28. The lowest BCUT2D eigenvalue weighted by atomic mass is 9.91. The fraction of sp³-hybridized carbons (Fsp3) is 0.435. The first kappa shape index (κ1) is 22.6. The molecule has 0 aliphatic carbocycles. The summed E-state index contributed by atoms with van der Waals surface area (Å²) in [5, 5.41) is 0.954. The second-order valence-electron chi connectivity index (χ2n) is 7.55. The number of halogens is 2. The van der Waals surface area contributed by atoms with Crippen LogP contribution in [0.4, 0.5) is 0 Å². The van der Waals surface area contributed by atoms with Gasteiger partial charge in [-0.15, -0.1) is 0 Å². The average molecular weight is 449 g/mol. The maximum atomic E-state index is 11.6. The second kappa shape index (κ2) is 9.36. The second-order valence-corrected chi connectivity index (χ2v) is 8.33. The van der Waals surface area contributed by atoms with Crippen LogP contribution in [0.15, 0.2) is 30.8 Å². The Bertz CT molecular complexity index is 886. The monoisotopic (exact) mass is 448 g/mol. The van der Waals surface area contributed by atoms with Crippen LogP contribution in [0.5, 0.6) is 0 Å². The number of hydrogen-bond acceptors (Lipinski definition) is 5. The van der Waals surface area contributed by atoms with Crippen molar-refractivity contribution in [2.75, 3.05) is 0 Å². The summed E-state index contributed by atoms with van der Waals surface area (Å²) in [6.45, 7) is 12.1. The number of carbonyl (C=O) groups is 1. The predicted molar refractivity (Wildman–Crippen MR) is 119 cm³/mol. The van der Waals surface area contributed by atoms with Crippen molar-refractivity contribution in [2.45, 2.75) is 64.6 Å². The molecule has 0 unspecified atom stereocenters. The van der Waals surface area contributed by atoms with Crippen LogP contribution >= 0.6 is 23.2 Å². The van der Waals surface area contributed by atoms with Gasteiger partial charge in [0.2, 0.25) is 0 Å². The van der Waals surface area contributed by atoms with Crippen LogP contribution in [0.25, 0.3) is 5.76 Å². The molecule has 7 heteroatoms. The van der Waals surface area contributed by atoms with Gasteiger partial charge >= 0.3 is 5.97 Å². The molecule has 0 saturated carbocycles. The Labute approximate surface area is 187 Å². The SMILES string of the molecule is C=C1O[C@@H](CC)[C@H](C)c2nc(Cl)ccc21.CC[C@@H]1OC(=O)c2ccc(Cl)nc2[C@H]1C. The van der Waals surface area contributed by atoms with E-state index in [9.17, 15) is 4.79 Å². The number of pyridine rings is 2. The quantitative estimate of drug-likeness (QED) is 0.392. The minimum atomic E-state index is -0.292. The van der Waals surface area contributed by atoms with Crippen molar-refractivity contribution >= 4 is 34.9 Å². The lowest BCUT2D eigenvalue weighted by Gasteiger charge is -2.31. The molecule has 0 bridgehead atoms. The first-order chi connectivity index (χ1) is 14.3. The van der Waals surface area contributed by atoms with Gasteiger partial charge in [0.05, 0.1) is 17.0 Å². The Morgan fingerprint density at radius 2 is 1.33 bits per heavy atom. The van der Waals surface area contributed by atoms with Crippen molar-refractivity contribution in [3.63, 3.8) is 0 Å². The van der Waals surface area contributed by atoms with Crippen LogP contribution in [0.1, 0.15) is 79.7 Å². The molecule has 5 nitrogen and oxygen atoms in total. The van der Waals surface area contributed by atoms with Crippen LogP contribution in [-0.4, -0.2) is 28.1 Å². The molecule has 0 saturated heterocycles. The molecule has 4 atom stereocenters. The fourth-order valence-corrected chi connectivity index (χ4v) is 4.19.